The molecule has 3 aromatic rings. The van der Waals surface area contributed by atoms with E-state index >= 15 is 0 Å². The highest BCUT2D eigenvalue weighted by Crippen LogP contribution is 2.28. The van der Waals surface area contributed by atoms with Gasteiger partial charge in [-0.05, 0) is 59.4 Å². The zero-order valence-electron chi connectivity index (χ0n) is 21.4. The maximum atomic E-state index is 13.0. The SMILES string of the molecule is CC(C)C[C@H](N[C@H](CCN1C(=O)c2cc3ccccc3cc2C1=O)C(=O)O)C(=O)NCc1cccc(N)c1. The van der Waals surface area contributed by atoms with E-state index in [0.717, 1.165) is 21.2 Å². The molecule has 2 atom stereocenters. The summed E-state index contributed by atoms with van der Waals surface area (Å²) in [6, 6.07) is 16.1. The molecule has 4 rings (SSSR count). The van der Waals surface area contributed by atoms with Crippen molar-refractivity contribution in [1.82, 2.24) is 15.5 Å². The van der Waals surface area contributed by atoms with Crippen molar-refractivity contribution in [3.63, 3.8) is 0 Å². The summed E-state index contributed by atoms with van der Waals surface area (Å²) in [4.78, 5) is 52.2. The minimum atomic E-state index is -1.16. The molecule has 0 bridgehead atoms. The number of fused-ring (bicyclic) bond motifs is 2. The molecular formula is C29H32N4O5. The second-order valence-corrected chi connectivity index (χ2v) is 10.00. The van der Waals surface area contributed by atoms with Crippen molar-refractivity contribution in [3.8, 4) is 0 Å². The molecule has 38 heavy (non-hydrogen) atoms. The van der Waals surface area contributed by atoms with Crippen LogP contribution in [0, 0.1) is 5.92 Å². The van der Waals surface area contributed by atoms with Gasteiger partial charge in [0.15, 0.2) is 0 Å². The van der Waals surface area contributed by atoms with E-state index in [1.54, 1.807) is 30.3 Å². The van der Waals surface area contributed by atoms with Crippen LogP contribution in [0.1, 0.15) is 53.0 Å². The molecule has 0 fully saturated rings. The lowest BCUT2D eigenvalue weighted by Gasteiger charge is -2.25. The van der Waals surface area contributed by atoms with Gasteiger partial charge in [-0.3, -0.25) is 29.4 Å². The molecule has 0 saturated carbocycles. The van der Waals surface area contributed by atoms with Gasteiger partial charge in [-0.2, -0.15) is 0 Å². The molecule has 1 aliphatic rings. The lowest BCUT2D eigenvalue weighted by atomic mass is 10.0. The van der Waals surface area contributed by atoms with E-state index < -0.39 is 29.9 Å². The summed E-state index contributed by atoms with van der Waals surface area (Å²) in [6.45, 7) is 4.05. The Labute approximate surface area is 221 Å². The highest BCUT2D eigenvalue weighted by Gasteiger charge is 2.37. The number of carboxylic acid groups (broad SMARTS) is 1. The van der Waals surface area contributed by atoms with Crippen molar-refractivity contribution in [1.29, 1.82) is 0 Å². The number of nitrogens with zero attached hydrogens (tertiary/aromatic N) is 1. The summed E-state index contributed by atoms with van der Waals surface area (Å²) in [7, 11) is 0. The van der Waals surface area contributed by atoms with Crippen molar-refractivity contribution >= 4 is 40.2 Å². The first-order valence-corrected chi connectivity index (χ1v) is 12.6. The fourth-order valence-electron chi connectivity index (χ4n) is 4.70. The zero-order valence-corrected chi connectivity index (χ0v) is 21.4. The number of anilines is 1. The van der Waals surface area contributed by atoms with Crippen molar-refractivity contribution < 1.29 is 24.3 Å². The van der Waals surface area contributed by atoms with Crippen LogP contribution in [0.25, 0.3) is 10.8 Å². The van der Waals surface area contributed by atoms with E-state index in [2.05, 4.69) is 10.6 Å². The van der Waals surface area contributed by atoms with Gasteiger partial charge < -0.3 is 16.2 Å². The summed E-state index contributed by atoms with van der Waals surface area (Å²) in [6.07, 6.45) is 0.365. The Morgan fingerprint density at radius 3 is 2.11 bits per heavy atom. The topological polar surface area (TPSA) is 142 Å². The van der Waals surface area contributed by atoms with Gasteiger partial charge in [0.2, 0.25) is 5.91 Å². The monoisotopic (exact) mass is 516 g/mol. The average molecular weight is 517 g/mol. The Morgan fingerprint density at radius 2 is 1.55 bits per heavy atom. The van der Waals surface area contributed by atoms with E-state index in [-0.39, 0.29) is 31.3 Å². The highest BCUT2D eigenvalue weighted by molar-refractivity contribution is 6.23. The Hall–Kier alpha value is -4.24. The molecule has 3 aromatic carbocycles. The summed E-state index contributed by atoms with van der Waals surface area (Å²) >= 11 is 0. The van der Waals surface area contributed by atoms with Crippen LogP contribution in [0.4, 0.5) is 5.69 Å². The van der Waals surface area contributed by atoms with Gasteiger partial charge in [-0.25, -0.2) is 0 Å². The molecule has 198 valence electrons. The van der Waals surface area contributed by atoms with Gasteiger partial charge in [0.1, 0.15) is 6.04 Å². The molecule has 0 radical (unpaired) electrons. The number of nitrogens with one attached hydrogen (secondary N) is 2. The number of hydrogen-bond donors (Lipinski definition) is 4. The minimum absolute atomic E-state index is 0.0442. The van der Waals surface area contributed by atoms with Gasteiger partial charge in [-0.15, -0.1) is 0 Å². The number of benzene rings is 3. The van der Waals surface area contributed by atoms with Crippen LogP contribution in [0.5, 0.6) is 0 Å². The third-order valence-corrected chi connectivity index (χ3v) is 6.62. The number of nitrogens with two attached hydrogens (primary N) is 1. The van der Waals surface area contributed by atoms with Gasteiger partial charge in [0, 0.05) is 18.8 Å². The van der Waals surface area contributed by atoms with E-state index in [1.165, 1.54) is 0 Å². The second kappa shape index (κ2) is 11.4. The maximum absolute atomic E-state index is 13.0. The number of imide groups is 1. The molecule has 9 heteroatoms. The van der Waals surface area contributed by atoms with Crippen molar-refractivity contribution in [2.75, 3.05) is 12.3 Å². The number of carbonyl (C=O) groups is 4. The summed E-state index contributed by atoms with van der Waals surface area (Å²) in [5.41, 5.74) is 7.84. The normalized spacial score (nSPS) is 14.6. The third-order valence-electron chi connectivity index (χ3n) is 6.62. The minimum Gasteiger partial charge on any atom is -0.480 e. The number of hydrogen-bond acceptors (Lipinski definition) is 6. The van der Waals surface area contributed by atoms with Crippen LogP contribution in [-0.4, -0.2) is 52.3 Å². The maximum Gasteiger partial charge on any atom is 0.320 e. The highest BCUT2D eigenvalue weighted by atomic mass is 16.4. The van der Waals surface area contributed by atoms with Crippen LogP contribution in [0.3, 0.4) is 0 Å². The standard InChI is InChI=1S/C29H32N4O5/c1-17(2)12-25(26(34)31-16-18-6-5-9-21(30)13-18)32-24(29(37)38)10-11-33-27(35)22-14-19-7-3-4-8-20(19)15-23(22)28(33)36/h3-9,13-15,17,24-25,32H,10-12,16,30H2,1-2H3,(H,31,34)(H,37,38)/t24-,25+/m1/s1. The van der Waals surface area contributed by atoms with Crippen LogP contribution in [-0.2, 0) is 16.1 Å². The van der Waals surface area contributed by atoms with Gasteiger partial charge >= 0.3 is 5.97 Å². The van der Waals surface area contributed by atoms with Crippen molar-refractivity contribution in [2.45, 2.75) is 45.3 Å². The largest absolute Gasteiger partial charge is 0.480 e. The second-order valence-electron chi connectivity index (χ2n) is 10.00. The first kappa shape index (κ1) is 26.8. The van der Waals surface area contributed by atoms with Crippen LogP contribution in [0.15, 0.2) is 60.7 Å². The van der Waals surface area contributed by atoms with Gasteiger partial charge in [0.05, 0.1) is 17.2 Å². The fourth-order valence-corrected chi connectivity index (χ4v) is 4.70. The van der Waals surface area contributed by atoms with Crippen LogP contribution >= 0.6 is 0 Å². The first-order chi connectivity index (χ1) is 18.1. The molecule has 0 unspecified atom stereocenters. The quantitative estimate of drug-likeness (QED) is 0.226. The Morgan fingerprint density at radius 1 is 0.921 bits per heavy atom. The van der Waals surface area contributed by atoms with Crippen LogP contribution < -0.4 is 16.4 Å². The molecule has 5 N–H and O–H groups in total. The average Bonchev–Trinajstić information content (AvgIpc) is 3.11. The van der Waals surface area contributed by atoms with E-state index in [0.29, 0.717) is 23.2 Å². The van der Waals surface area contributed by atoms with E-state index in [9.17, 15) is 24.3 Å². The Bertz CT molecular complexity index is 1330. The molecule has 1 heterocycles. The Kier molecular flexibility index (Phi) is 8.07. The Balaban J connectivity index is 1.43. The van der Waals surface area contributed by atoms with Crippen molar-refractivity contribution in [3.05, 3.63) is 77.4 Å². The zero-order chi connectivity index (χ0) is 27.4. The predicted octanol–water partition coefficient (Wildman–Crippen LogP) is 3.18. The molecule has 0 aliphatic carbocycles. The first-order valence-electron chi connectivity index (χ1n) is 12.6. The van der Waals surface area contributed by atoms with E-state index in [1.807, 2.05) is 44.2 Å². The molecule has 0 spiro atoms. The van der Waals surface area contributed by atoms with Crippen LogP contribution in [0.2, 0.25) is 0 Å². The lowest BCUT2D eigenvalue weighted by Crippen LogP contribution is -2.52. The number of nitrogen functional groups attached to an aromatic ring is 1. The molecule has 0 aromatic heterocycles. The molecule has 9 nitrogen and oxygen atoms in total. The molecular weight excluding hydrogens is 484 g/mol. The predicted molar refractivity (Wildman–Crippen MR) is 144 cm³/mol. The number of carboxylic acids is 1. The van der Waals surface area contributed by atoms with Gasteiger partial charge in [-0.1, -0.05) is 50.2 Å². The summed E-state index contributed by atoms with van der Waals surface area (Å²) < 4.78 is 0. The lowest BCUT2D eigenvalue weighted by molar-refractivity contribution is -0.140. The number of carbonyl (C=O) groups excluding carboxylic acids is 3. The number of amides is 3. The summed E-state index contributed by atoms with van der Waals surface area (Å²) in [5.74, 6) is -2.27. The fraction of sp³-hybridized carbons (Fsp3) is 0.310. The number of aliphatic carboxylic acids is 1. The van der Waals surface area contributed by atoms with E-state index in [4.69, 9.17) is 5.73 Å². The molecule has 3 amide bonds. The molecule has 1 aliphatic heterocycles. The molecule has 0 saturated heterocycles. The van der Waals surface area contributed by atoms with Crippen molar-refractivity contribution in [2.24, 2.45) is 5.92 Å². The smallest absolute Gasteiger partial charge is 0.320 e. The summed E-state index contributed by atoms with van der Waals surface area (Å²) in [5, 5.41) is 17.4. The van der Waals surface area contributed by atoms with Gasteiger partial charge in [0.25, 0.3) is 11.8 Å². The number of rotatable bonds is 11. The third kappa shape index (κ3) is 6.00.